The molecule has 1 atom stereocenters. The molecular weight excluding hydrogens is 456 g/mol. The molecule has 0 fully saturated rings. The Morgan fingerprint density at radius 2 is 1.75 bits per heavy atom. The van der Waals surface area contributed by atoms with E-state index in [9.17, 15) is 18.0 Å². The van der Waals surface area contributed by atoms with E-state index in [1.54, 1.807) is 29.6 Å². The highest BCUT2D eigenvalue weighted by Crippen LogP contribution is 2.34. The van der Waals surface area contributed by atoms with Crippen molar-refractivity contribution in [2.75, 3.05) is 16.8 Å². The molecule has 1 amide bonds. The second-order valence-corrected chi connectivity index (χ2v) is 9.58. The number of thiophene rings is 1. The maximum atomic E-state index is 12.4. The van der Waals surface area contributed by atoms with Gasteiger partial charge in [-0.05, 0) is 54.8 Å². The summed E-state index contributed by atoms with van der Waals surface area (Å²) >= 11 is 1.10. The van der Waals surface area contributed by atoms with Gasteiger partial charge >= 0.3 is 5.97 Å². The van der Waals surface area contributed by atoms with Gasteiger partial charge in [-0.1, -0.05) is 6.07 Å². The molecule has 32 heavy (non-hydrogen) atoms. The molecule has 4 rings (SSSR count). The van der Waals surface area contributed by atoms with Gasteiger partial charge in [-0.3, -0.25) is 9.52 Å². The minimum atomic E-state index is -3.68. The normalized spacial score (nSPS) is 13.3. The van der Waals surface area contributed by atoms with Crippen LogP contribution in [-0.4, -0.2) is 33.2 Å². The van der Waals surface area contributed by atoms with Crippen molar-refractivity contribution in [3.05, 3.63) is 65.5 Å². The highest BCUT2D eigenvalue weighted by Gasteiger charge is 2.21. The molecule has 2 heterocycles. The standard InChI is InChI=1S/C21H18N2O7S2/c1-13(20(24)22-16-8-9-17-18(11-16)29-12-28-17)30-21(25)14-4-6-15(7-5-14)23-32(26,27)19-3-2-10-31-19/h2-11,13,23H,12H2,1H3,(H,22,24). The fraction of sp³-hybridized carbons (Fsp3) is 0.143. The largest absolute Gasteiger partial charge is 0.454 e. The van der Waals surface area contributed by atoms with Crippen LogP contribution in [0.4, 0.5) is 11.4 Å². The molecule has 1 aromatic heterocycles. The molecule has 0 aliphatic carbocycles. The van der Waals surface area contributed by atoms with Crippen molar-refractivity contribution in [2.24, 2.45) is 0 Å². The van der Waals surface area contributed by atoms with E-state index in [0.717, 1.165) is 11.3 Å². The van der Waals surface area contributed by atoms with E-state index in [0.29, 0.717) is 22.9 Å². The van der Waals surface area contributed by atoms with Crippen molar-refractivity contribution in [2.45, 2.75) is 17.2 Å². The van der Waals surface area contributed by atoms with Crippen LogP contribution in [0.5, 0.6) is 11.5 Å². The molecule has 9 nitrogen and oxygen atoms in total. The number of carbonyl (C=O) groups is 2. The Morgan fingerprint density at radius 3 is 2.47 bits per heavy atom. The molecule has 2 N–H and O–H groups in total. The summed E-state index contributed by atoms with van der Waals surface area (Å²) < 4.78 is 42.8. The molecule has 1 unspecified atom stereocenters. The first-order valence-corrected chi connectivity index (χ1v) is 11.8. The van der Waals surface area contributed by atoms with Gasteiger partial charge in [-0.25, -0.2) is 13.2 Å². The fourth-order valence-corrected chi connectivity index (χ4v) is 4.85. The van der Waals surface area contributed by atoms with E-state index in [1.165, 1.54) is 37.3 Å². The molecule has 3 aromatic rings. The molecule has 11 heteroatoms. The number of hydrogen-bond donors (Lipinski definition) is 2. The van der Waals surface area contributed by atoms with E-state index >= 15 is 0 Å². The quantitative estimate of drug-likeness (QED) is 0.503. The number of rotatable bonds is 7. The molecule has 1 aliphatic rings. The van der Waals surface area contributed by atoms with Crippen LogP contribution in [0, 0.1) is 0 Å². The Bertz CT molecular complexity index is 1240. The first-order chi connectivity index (χ1) is 15.3. The topological polar surface area (TPSA) is 120 Å². The first kappa shape index (κ1) is 21.7. The Morgan fingerprint density at radius 1 is 1.03 bits per heavy atom. The van der Waals surface area contributed by atoms with Gasteiger partial charge in [0.1, 0.15) is 4.21 Å². The maximum absolute atomic E-state index is 12.4. The van der Waals surface area contributed by atoms with Gasteiger partial charge in [-0.15, -0.1) is 11.3 Å². The molecule has 0 saturated heterocycles. The third-order valence-corrected chi connectivity index (χ3v) is 7.20. The zero-order valence-electron chi connectivity index (χ0n) is 16.7. The molecule has 0 bridgehead atoms. The summed E-state index contributed by atoms with van der Waals surface area (Å²) in [6, 6.07) is 13.8. The number of anilines is 2. The average Bonchev–Trinajstić information content (AvgIpc) is 3.46. The number of nitrogens with one attached hydrogen (secondary N) is 2. The van der Waals surface area contributed by atoms with Crippen molar-refractivity contribution < 1.29 is 32.2 Å². The molecule has 1 aliphatic heterocycles. The molecule has 166 valence electrons. The summed E-state index contributed by atoms with van der Waals surface area (Å²) in [6.07, 6.45) is -1.06. The molecular formula is C21H18N2O7S2. The Kier molecular flexibility index (Phi) is 6.01. The second-order valence-electron chi connectivity index (χ2n) is 6.72. The summed E-state index contributed by atoms with van der Waals surface area (Å²) in [5, 5.41) is 4.31. The molecule has 2 aromatic carbocycles. The second kappa shape index (κ2) is 8.89. The number of hydrogen-bond acceptors (Lipinski definition) is 8. The van der Waals surface area contributed by atoms with Gasteiger partial charge in [0.15, 0.2) is 17.6 Å². The van der Waals surface area contributed by atoms with Crippen molar-refractivity contribution in [3.8, 4) is 11.5 Å². The van der Waals surface area contributed by atoms with E-state index in [1.807, 2.05) is 0 Å². The third kappa shape index (κ3) is 4.84. The van der Waals surface area contributed by atoms with E-state index in [4.69, 9.17) is 14.2 Å². The maximum Gasteiger partial charge on any atom is 0.338 e. The Balaban J connectivity index is 1.34. The average molecular weight is 475 g/mol. The number of esters is 1. The first-order valence-electron chi connectivity index (χ1n) is 9.40. The van der Waals surface area contributed by atoms with Gasteiger partial charge in [0, 0.05) is 17.4 Å². The molecule has 0 radical (unpaired) electrons. The van der Waals surface area contributed by atoms with Crippen LogP contribution in [0.3, 0.4) is 0 Å². The lowest BCUT2D eigenvalue weighted by Crippen LogP contribution is -2.30. The van der Waals surface area contributed by atoms with E-state index < -0.39 is 28.0 Å². The Labute approximate surface area is 188 Å². The van der Waals surface area contributed by atoms with Crippen LogP contribution in [0.1, 0.15) is 17.3 Å². The van der Waals surface area contributed by atoms with E-state index in [-0.39, 0.29) is 16.6 Å². The fourth-order valence-electron chi connectivity index (χ4n) is 2.80. The molecule has 0 spiro atoms. The van der Waals surface area contributed by atoms with Crippen LogP contribution >= 0.6 is 11.3 Å². The van der Waals surface area contributed by atoms with Crippen molar-refractivity contribution in [1.29, 1.82) is 0 Å². The number of amides is 1. The predicted molar refractivity (Wildman–Crippen MR) is 118 cm³/mol. The number of ether oxygens (including phenoxy) is 3. The minimum absolute atomic E-state index is 0.120. The van der Waals surface area contributed by atoms with Gasteiger partial charge in [0.25, 0.3) is 15.9 Å². The van der Waals surface area contributed by atoms with Gasteiger partial charge in [0.05, 0.1) is 5.56 Å². The van der Waals surface area contributed by atoms with Crippen molar-refractivity contribution in [3.63, 3.8) is 0 Å². The van der Waals surface area contributed by atoms with Crippen LogP contribution in [0.15, 0.2) is 64.2 Å². The smallest absolute Gasteiger partial charge is 0.338 e. The zero-order valence-corrected chi connectivity index (χ0v) is 18.4. The molecule has 0 saturated carbocycles. The lowest BCUT2D eigenvalue weighted by atomic mass is 10.2. The van der Waals surface area contributed by atoms with Gasteiger partial charge in [-0.2, -0.15) is 0 Å². The highest BCUT2D eigenvalue weighted by atomic mass is 32.2. The van der Waals surface area contributed by atoms with Crippen LogP contribution < -0.4 is 19.5 Å². The van der Waals surface area contributed by atoms with Crippen molar-refractivity contribution in [1.82, 2.24) is 0 Å². The summed E-state index contributed by atoms with van der Waals surface area (Å²) in [4.78, 5) is 24.7. The third-order valence-electron chi connectivity index (χ3n) is 4.43. The highest BCUT2D eigenvalue weighted by molar-refractivity contribution is 7.94. The number of sulfonamides is 1. The van der Waals surface area contributed by atoms with Crippen LogP contribution in [0.2, 0.25) is 0 Å². The van der Waals surface area contributed by atoms with Crippen LogP contribution in [0.25, 0.3) is 0 Å². The summed E-state index contributed by atoms with van der Waals surface area (Å²) in [7, 11) is -3.68. The zero-order chi connectivity index (χ0) is 22.7. The summed E-state index contributed by atoms with van der Waals surface area (Å²) in [5.74, 6) is -0.130. The number of carbonyl (C=O) groups excluding carboxylic acids is 2. The van der Waals surface area contributed by atoms with Gasteiger partial charge < -0.3 is 19.5 Å². The summed E-state index contributed by atoms with van der Waals surface area (Å²) in [6.45, 7) is 1.57. The predicted octanol–water partition coefficient (Wildman–Crippen LogP) is 3.46. The number of benzene rings is 2. The van der Waals surface area contributed by atoms with Gasteiger partial charge in [0.2, 0.25) is 6.79 Å². The Hall–Kier alpha value is -3.57. The minimum Gasteiger partial charge on any atom is -0.454 e. The lowest BCUT2D eigenvalue weighted by molar-refractivity contribution is -0.123. The van der Waals surface area contributed by atoms with Crippen LogP contribution in [-0.2, 0) is 19.6 Å². The monoisotopic (exact) mass is 474 g/mol. The summed E-state index contributed by atoms with van der Waals surface area (Å²) in [5.41, 5.74) is 0.944. The SMILES string of the molecule is CC(OC(=O)c1ccc(NS(=O)(=O)c2cccs2)cc1)C(=O)Nc1ccc2c(c1)OCO2. The lowest BCUT2D eigenvalue weighted by Gasteiger charge is -2.14. The number of fused-ring (bicyclic) bond motifs is 1. The van der Waals surface area contributed by atoms with E-state index in [2.05, 4.69) is 10.0 Å². The van der Waals surface area contributed by atoms with Crippen molar-refractivity contribution >= 4 is 44.6 Å².